The highest BCUT2D eigenvalue weighted by Gasteiger charge is 2.67. The van der Waals surface area contributed by atoms with Crippen molar-refractivity contribution >= 4 is 58.0 Å². The van der Waals surface area contributed by atoms with Gasteiger partial charge in [0.25, 0.3) is 5.91 Å². The Hall–Kier alpha value is -3.91. The van der Waals surface area contributed by atoms with Gasteiger partial charge in [0.15, 0.2) is 11.6 Å². The molecule has 6 nitrogen and oxygen atoms in total. The van der Waals surface area contributed by atoms with Crippen LogP contribution in [0, 0.1) is 35.0 Å². The van der Waals surface area contributed by atoms with E-state index in [0.717, 1.165) is 13.0 Å². The first-order valence-corrected chi connectivity index (χ1v) is 12.3. The molecule has 0 heterocycles. The van der Waals surface area contributed by atoms with Crippen molar-refractivity contribution in [2.24, 2.45) is 5.92 Å². The molecule has 1 aliphatic rings. The average molecular weight is 640 g/mol. The molecule has 222 valence electrons. The number of carbonyl (C=O) groups excluding carboxylic acids is 3. The first-order chi connectivity index (χ1) is 19.4. The first-order valence-electron chi connectivity index (χ1n) is 11.5. The highest BCUT2D eigenvalue weighted by molar-refractivity contribution is 6.53. The summed E-state index contributed by atoms with van der Waals surface area (Å²) in [6, 6.07) is 4.06. The molecule has 0 bridgehead atoms. The molecule has 4 rings (SSSR count). The maximum atomic E-state index is 14.5. The molecule has 2 atom stereocenters. The molecule has 1 aliphatic carbocycles. The van der Waals surface area contributed by atoms with Crippen LogP contribution < -0.4 is 16.0 Å². The Bertz CT molecular complexity index is 1630. The lowest BCUT2D eigenvalue weighted by Crippen LogP contribution is -2.20. The van der Waals surface area contributed by atoms with E-state index in [0.29, 0.717) is 36.4 Å². The molecule has 0 spiro atoms. The average Bonchev–Trinajstić information content (AvgIpc) is 3.45. The third-order valence-corrected chi connectivity index (χ3v) is 7.09. The van der Waals surface area contributed by atoms with Crippen LogP contribution in [0.5, 0.6) is 0 Å². The van der Waals surface area contributed by atoms with Crippen LogP contribution >= 0.6 is 23.2 Å². The van der Waals surface area contributed by atoms with E-state index < -0.39 is 97.3 Å². The van der Waals surface area contributed by atoms with Gasteiger partial charge in [-0.25, -0.2) is 22.0 Å². The van der Waals surface area contributed by atoms with Gasteiger partial charge in [-0.15, -0.1) is 23.2 Å². The normalized spacial score (nSPS) is 17.4. The molecule has 1 fully saturated rings. The molecule has 0 aliphatic heterocycles. The fourth-order valence-electron chi connectivity index (χ4n) is 4.19. The van der Waals surface area contributed by atoms with Crippen LogP contribution in [0.4, 0.5) is 52.2 Å². The Labute approximate surface area is 241 Å². The van der Waals surface area contributed by atoms with Gasteiger partial charge in [0.05, 0.1) is 28.4 Å². The summed E-state index contributed by atoms with van der Waals surface area (Å²) in [5.74, 6) is -13.4. The van der Waals surface area contributed by atoms with Crippen molar-refractivity contribution in [3.8, 4) is 0 Å². The van der Waals surface area contributed by atoms with Gasteiger partial charge in [-0.3, -0.25) is 14.4 Å². The number of hydrogen-bond acceptors (Lipinski definition) is 3. The van der Waals surface area contributed by atoms with E-state index in [1.54, 1.807) is 0 Å². The van der Waals surface area contributed by atoms with Gasteiger partial charge in [0, 0.05) is 30.7 Å². The van der Waals surface area contributed by atoms with Gasteiger partial charge >= 0.3 is 6.18 Å². The Balaban J connectivity index is 1.57. The zero-order valence-corrected chi connectivity index (χ0v) is 22.2. The van der Waals surface area contributed by atoms with E-state index in [4.69, 9.17) is 23.2 Å². The number of benzene rings is 3. The minimum atomic E-state index is -5.06. The van der Waals surface area contributed by atoms with Gasteiger partial charge in [-0.2, -0.15) is 13.2 Å². The smallest absolute Gasteiger partial charge is 0.326 e. The van der Waals surface area contributed by atoms with Crippen LogP contribution in [0.25, 0.3) is 0 Å². The van der Waals surface area contributed by atoms with E-state index in [9.17, 15) is 49.5 Å². The van der Waals surface area contributed by atoms with Crippen molar-refractivity contribution in [3.05, 3.63) is 88.2 Å². The highest BCUT2D eigenvalue weighted by Crippen LogP contribution is 2.65. The van der Waals surface area contributed by atoms with Crippen LogP contribution in [0.2, 0.25) is 0 Å². The predicted octanol–water partition coefficient (Wildman–Crippen LogP) is 7.14. The van der Waals surface area contributed by atoms with Crippen molar-refractivity contribution in [2.75, 3.05) is 16.0 Å². The maximum absolute atomic E-state index is 14.5. The SMILES string of the molecule is CC(=O)Nc1cc(NC(=O)c2cc(NC(=O)C3[C@H](c4ccc(F)c(C(F)(F)F)c4)C3(Cl)Cl)cc(F)c2F)c(F)cc1F. The van der Waals surface area contributed by atoms with Crippen LogP contribution in [-0.2, 0) is 15.8 Å². The fourth-order valence-corrected chi connectivity index (χ4v) is 5.02. The fraction of sp³-hybridized carbons (Fsp3) is 0.192. The van der Waals surface area contributed by atoms with Crippen LogP contribution in [0.1, 0.15) is 34.3 Å². The molecule has 0 aromatic heterocycles. The Kier molecular flexibility index (Phi) is 8.17. The molecule has 3 aromatic rings. The maximum Gasteiger partial charge on any atom is 0.419 e. The number of carbonyl (C=O) groups is 3. The second-order valence-electron chi connectivity index (χ2n) is 9.12. The number of amides is 3. The molecular weight excluding hydrogens is 625 g/mol. The molecule has 3 N–H and O–H groups in total. The summed E-state index contributed by atoms with van der Waals surface area (Å²) in [4.78, 5) is 36.8. The lowest BCUT2D eigenvalue weighted by atomic mass is 10.0. The largest absolute Gasteiger partial charge is 0.419 e. The molecular formula is C26H15Cl2F8N3O3. The molecule has 16 heteroatoms. The summed E-state index contributed by atoms with van der Waals surface area (Å²) >= 11 is 12.2. The van der Waals surface area contributed by atoms with Crippen molar-refractivity contribution in [1.29, 1.82) is 0 Å². The van der Waals surface area contributed by atoms with Crippen molar-refractivity contribution in [2.45, 2.75) is 23.4 Å². The van der Waals surface area contributed by atoms with Gasteiger partial charge in [-0.1, -0.05) is 6.07 Å². The molecule has 3 amide bonds. The minimum absolute atomic E-state index is 0.223. The topological polar surface area (TPSA) is 87.3 Å². The van der Waals surface area contributed by atoms with Crippen LogP contribution in [-0.4, -0.2) is 22.1 Å². The number of hydrogen-bond donors (Lipinski definition) is 3. The summed E-state index contributed by atoms with van der Waals surface area (Å²) in [7, 11) is 0. The van der Waals surface area contributed by atoms with E-state index in [-0.39, 0.29) is 5.56 Å². The summed E-state index contributed by atoms with van der Waals surface area (Å²) in [5, 5.41) is 6.08. The van der Waals surface area contributed by atoms with Gasteiger partial charge < -0.3 is 16.0 Å². The third kappa shape index (κ3) is 6.14. The summed E-state index contributed by atoms with van der Waals surface area (Å²) in [6.07, 6.45) is -5.06. The number of alkyl halides is 5. The quantitative estimate of drug-likeness (QED) is 0.198. The van der Waals surface area contributed by atoms with Crippen molar-refractivity contribution in [1.82, 2.24) is 0 Å². The Morgan fingerprint density at radius 2 is 1.40 bits per heavy atom. The standard InChI is InChI=1S/C26H15Cl2F8N3O3/c1-9(40)37-18-8-19(16(31)7-15(18)30)39-23(41)12-5-11(6-17(32)22(12)33)38-24(42)21-20(25(21,27)28)10-2-3-14(29)13(4-10)26(34,35)36/h2-8,20-21H,1H3,(H,37,40)(H,38,42)(H,39,41)/t20-,21?/m0/s1. The van der Waals surface area contributed by atoms with Crippen molar-refractivity contribution < 1.29 is 49.5 Å². The monoisotopic (exact) mass is 639 g/mol. The molecule has 1 saturated carbocycles. The second-order valence-corrected chi connectivity index (χ2v) is 10.6. The van der Waals surface area contributed by atoms with Gasteiger partial charge in [-0.05, 0) is 29.8 Å². The Morgan fingerprint density at radius 1 is 0.786 bits per heavy atom. The highest BCUT2D eigenvalue weighted by atomic mass is 35.5. The lowest BCUT2D eigenvalue weighted by Gasteiger charge is -2.12. The minimum Gasteiger partial charge on any atom is -0.326 e. The molecule has 0 saturated heterocycles. The third-order valence-electron chi connectivity index (χ3n) is 6.15. The van der Waals surface area contributed by atoms with Crippen LogP contribution in [0.3, 0.4) is 0 Å². The Morgan fingerprint density at radius 3 is 2.00 bits per heavy atom. The molecule has 1 unspecified atom stereocenters. The van der Waals surface area contributed by atoms with E-state index >= 15 is 0 Å². The van der Waals surface area contributed by atoms with E-state index in [2.05, 4.69) is 5.32 Å². The molecule has 42 heavy (non-hydrogen) atoms. The second kappa shape index (κ2) is 11.1. The van der Waals surface area contributed by atoms with Crippen molar-refractivity contribution in [3.63, 3.8) is 0 Å². The summed E-state index contributed by atoms with van der Waals surface area (Å²) in [6.45, 7) is 1.03. The van der Waals surface area contributed by atoms with Gasteiger partial charge in [0.1, 0.15) is 21.8 Å². The number of halogens is 10. The summed E-state index contributed by atoms with van der Waals surface area (Å²) in [5.41, 5.74) is -4.65. The van der Waals surface area contributed by atoms with E-state index in [1.165, 1.54) is 0 Å². The number of anilines is 3. The molecule has 0 radical (unpaired) electrons. The lowest BCUT2D eigenvalue weighted by molar-refractivity contribution is -0.140. The van der Waals surface area contributed by atoms with Crippen LogP contribution in [0.15, 0.2) is 42.5 Å². The number of nitrogens with one attached hydrogen (secondary N) is 3. The van der Waals surface area contributed by atoms with Gasteiger partial charge in [0.2, 0.25) is 11.8 Å². The first kappa shape index (κ1) is 31.0. The molecule has 3 aromatic carbocycles. The van der Waals surface area contributed by atoms with E-state index in [1.807, 2.05) is 10.6 Å². The predicted molar refractivity (Wildman–Crippen MR) is 136 cm³/mol. The summed E-state index contributed by atoms with van der Waals surface area (Å²) < 4.78 is 108. The number of rotatable bonds is 6. The zero-order valence-electron chi connectivity index (χ0n) is 20.7. The zero-order chi connectivity index (χ0) is 31.3.